The summed E-state index contributed by atoms with van der Waals surface area (Å²) in [5, 5.41) is 28.6. The Kier molecular flexibility index (Phi) is 6.28. The lowest BCUT2D eigenvalue weighted by molar-refractivity contribution is -0.120. The van der Waals surface area contributed by atoms with E-state index in [9.17, 15) is 9.90 Å². The van der Waals surface area contributed by atoms with Crippen molar-refractivity contribution < 1.29 is 15.0 Å². The first-order chi connectivity index (χ1) is 6.52. The van der Waals surface area contributed by atoms with Crippen LogP contribution >= 0.6 is 11.8 Å². The zero-order chi connectivity index (χ0) is 11.0. The number of amides is 1. The highest BCUT2D eigenvalue weighted by Gasteiger charge is 2.19. The number of nitriles is 1. The molecule has 1 atom stereocenters. The maximum atomic E-state index is 11.0. The first-order valence-corrected chi connectivity index (χ1v) is 5.22. The van der Waals surface area contributed by atoms with Gasteiger partial charge in [0.05, 0.1) is 24.2 Å². The summed E-state index contributed by atoms with van der Waals surface area (Å²) in [6.45, 7) is 1.03. The smallest absolute Gasteiger partial charge is 0.230 e. The Morgan fingerprint density at radius 3 is 2.86 bits per heavy atom. The lowest BCUT2D eigenvalue weighted by Crippen LogP contribution is -2.43. The van der Waals surface area contributed by atoms with Crippen LogP contribution in [0.4, 0.5) is 0 Å². The van der Waals surface area contributed by atoms with Gasteiger partial charge < -0.3 is 15.5 Å². The number of rotatable bonds is 6. The van der Waals surface area contributed by atoms with E-state index < -0.39 is 12.2 Å². The van der Waals surface area contributed by atoms with Gasteiger partial charge in [-0.3, -0.25) is 4.79 Å². The van der Waals surface area contributed by atoms with Crippen molar-refractivity contribution in [1.29, 1.82) is 5.26 Å². The van der Waals surface area contributed by atoms with Gasteiger partial charge in [0.1, 0.15) is 5.60 Å². The SMILES string of the molecule is CC(O)(CO)CNC(=O)CSCC#N. The van der Waals surface area contributed by atoms with Crippen molar-refractivity contribution >= 4 is 17.7 Å². The highest BCUT2D eigenvalue weighted by molar-refractivity contribution is 8.00. The molecule has 0 aromatic heterocycles. The highest BCUT2D eigenvalue weighted by Crippen LogP contribution is 2.00. The Balaban J connectivity index is 3.60. The van der Waals surface area contributed by atoms with Gasteiger partial charge in [-0.2, -0.15) is 5.26 Å². The molecule has 0 saturated carbocycles. The molecule has 0 rings (SSSR count). The molecule has 0 aliphatic heterocycles. The van der Waals surface area contributed by atoms with Crippen LogP contribution in [0.15, 0.2) is 0 Å². The van der Waals surface area contributed by atoms with Crippen LogP contribution < -0.4 is 5.32 Å². The average molecular weight is 218 g/mol. The second kappa shape index (κ2) is 6.65. The van der Waals surface area contributed by atoms with E-state index in [1.165, 1.54) is 18.7 Å². The van der Waals surface area contributed by atoms with Crippen LogP contribution in [0.2, 0.25) is 0 Å². The number of nitrogens with one attached hydrogen (secondary N) is 1. The fourth-order valence-electron chi connectivity index (χ4n) is 0.585. The number of nitrogens with zero attached hydrogens (tertiary/aromatic N) is 1. The second-order valence-corrected chi connectivity index (χ2v) is 4.07. The Morgan fingerprint density at radius 1 is 1.71 bits per heavy atom. The van der Waals surface area contributed by atoms with Crippen molar-refractivity contribution in [3.05, 3.63) is 0 Å². The predicted molar refractivity (Wildman–Crippen MR) is 53.7 cm³/mol. The summed E-state index contributed by atoms with van der Waals surface area (Å²) in [4.78, 5) is 11.0. The van der Waals surface area contributed by atoms with Crippen molar-refractivity contribution in [2.75, 3.05) is 24.7 Å². The van der Waals surface area contributed by atoms with Crippen LogP contribution in [0.25, 0.3) is 0 Å². The maximum Gasteiger partial charge on any atom is 0.230 e. The topological polar surface area (TPSA) is 93.3 Å². The molecule has 1 unspecified atom stereocenters. The van der Waals surface area contributed by atoms with Crippen LogP contribution in [0.1, 0.15) is 6.92 Å². The van der Waals surface area contributed by atoms with Gasteiger partial charge in [-0.1, -0.05) is 0 Å². The predicted octanol–water partition coefficient (Wildman–Crippen LogP) is -0.897. The summed E-state index contributed by atoms with van der Waals surface area (Å²) < 4.78 is 0. The third kappa shape index (κ3) is 6.71. The van der Waals surface area contributed by atoms with Gasteiger partial charge >= 0.3 is 0 Å². The molecule has 3 N–H and O–H groups in total. The molecule has 0 heterocycles. The minimum atomic E-state index is -1.28. The molecule has 80 valence electrons. The Labute approximate surface area is 87.1 Å². The molecule has 0 radical (unpaired) electrons. The molecule has 1 amide bonds. The summed E-state index contributed by atoms with van der Waals surface area (Å²) in [7, 11) is 0. The zero-order valence-electron chi connectivity index (χ0n) is 7.99. The fourth-order valence-corrected chi connectivity index (χ4v) is 1.07. The molecule has 14 heavy (non-hydrogen) atoms. The van der Waals surface area contributed by atoms with E-state index in [0.29, 0.717) is 0 Å². The van der Waals surface area contributed by atoms with Crippen LogP contribution in [0.3, 0.4) is 0 Å². The van der Waals surface area contributed by atoms with Crippen molar-refractivity contribution in [2.24, 2.45) is 0 Å². The molecular formula is C8H14N2O3S. The molecule has 0 spiro atoms. The Bertz CT molecular complexity index is 225. The van der Waals surface area contributed by atoms with Crippen molar-refractivity contribution in [3.63, 3.8) is 0 Å². The minimum Gasteiger partial charge on any atom is -0.393 e. The van der Waals surface area contributed by atoms with Gasteiger partial charge in [0.2, 0.25) is 5.91 Å². The summed E-state index contributed by atoms with van der Waals surface area (Å²) in [6.07, 6.45) is 0. The van der Waals surface area contributed by atoms with E-state index in [1.54, 1.807) is 0 Å². The molecular weight excluding hydrogens is 204 g/mol. The van der Waals surface area contributed by atoms with E-state index in [4.69, 9.17) is 10.4 Å². The average Bonchev–Trinajstić information content (AvgIpc) is 2.16. The van der Waals surface area contributed by atoms with Crippen LogP contribution in [0.5, 0.6) is 0 Å². The van der Waals surface area contributed by atoms with E-state index in [1.807, 2.05) is 6.07 Å². The summed E-state index contributed by atoms with van der Waals surface area (Å²) in [5.41, 5.74) is -1.28. The second-order valence-electron chi connectivity index (χ2n) is 3.08. The van der Waals surface area contributed by atoms with Crippen LogP contribution in [-0.2, 0) is 4.79 Å². The third-order valence-corrected chi connectivity index (χ3v) is 2.21. The lowest BCUT2D eigenvalue weighted by atomic mass is 10.1. The summed E-state index contributed by atoms with van der Waals surface area (Å²) >= 11 is 1.20. The standard InChI is InChI=1S/C8H14N2O3S/c1-8(13,6-11)5-10-7(12)4-14-3-2-9/h11,13H,3-6H2,1H3,(H,10,12). The van der Waals surface area contributed by atoms with Gasteiger partial charge in [0.25, 0.3) is 0 Å². The van der Waals surface area contributed by atoms with E-state index in [-0.39, 0.29) is 24.0 Å². The number of hydrogen-bond donors (Lipinski definition) is 3. The molecule has 0 fully saturated rings. The molecule has 0 aliphatic carbocycles. The first-order valence-electron chi connectivity index (χ1n) is 4.06. The zero-order valence-corrected chi connectivity index (χ0v) is 8.80. The number of hydrogen-bond acceptors (Lipinski definition) is 5. The van der Waals surface area contributed by atoms with Crippen LogP contribution in [0, 0.1) is 11.3 Å². The molecule has 0 aromatic rings. The van der Waals surface area contributed by atoms with Gasteiger partial charge in [-0.05, 0) is 6.92 Å². The summed E-state index contributed by atoms with van der Waals surface area (Å²) in [6, 6.07) is 1.90. The molecule has 5 nitrogen and oxygen atoms in total. The van der Waals surface area contributed by atoms with E-state index in [0.717, 1.165) is 0 Å². The number of aliphatic hydroxyl groups excluding tert-OH is 1. The normalized spacial score (nSPS) is 14.1. The van der Waals surface area contributed by atoms with Crippen molar-refractivity contribution in [3.8, 4) is 6.07 Å². The van der Waals surface area contributed by atoms with Crippen molar-refractivity contribution in [2.45, 2.75) is 12.5 Å². The fraction of sp³-hybridized carbons (Fsp3) is 0.750. The molecule has 0 saturated heterocycles. The van der Waals surface area contributed by atoms with Gasteiger partial charge in [0.15, 0.2) is 0 Å². The van der Waals surface area contributed by atoms with Crippen LogP contribution in [-0.4, -0.2) is 46.4 Å². The molecule has 0 bridgehead atoms. The number of aliphatic hydroxyl groups is 2. The largest absolute Gasteiger partial charge is 0.393 e. The quantitative estimate of drug-likeness (QED) is 0.502. The first kappa shape index (κ1) is 13.2. The van der Waals surface area contributed by atoms with Gasteiger partial charge in [-0.25, -0.2) is 0 Å². The number of carbonyl (C=O) groups excluding carboxylic acids is 1. The molecule has 0 aromatic carbocycles. The number of thioether (sulfide) groups is 1. The third-order valence-electron chi connectivity index (χ3n) is 1.41. The van der Waals surface area contributed by atoms with E-state index in [2.05, 4.69) is 5.32 Å². The Hall–Kier alpha value is -0.770. The summed E-state index contributed by atoms with van der Waals surface area (Å²) in [5.74, 6) is 0.206. The monoisotopic (exact) mass is 218 g/mol. The maximum absolute atomic E-state index is 11.0. The van der Waals surface area contributed by atoms with Gasteiger partial charge in [-0.15, -0.1) is 11.8 Å². The molecule has 0 aliphatic rings. The molecule has 6 heteroatoms. The number of carbonyl (C=O) groups is 1. The lowest BCUT2D eigenvalue weighted by Gasteiger charge is -2.20. The highest BCUT2D eigenvalue weighted by atomic mass is 32.2. The minimum absolute atomic E-state index is 0.00937. The van der Waals surface area contributed by atoms with Crippen molar-refractivity contribution in [1.82, 2.24) is 5.32 Å². The van der Waals surface area contributed by atoms with E-state index >= 15 is 0 Å². The van der Waals surface area contributed by atoms with Gasteiger partial charge in [0, 0.05) is 6.54 Å². The Morgan fingerprint density at radius 2 is 2.36 bits per heavy atom.